The maximum absolute atomic E-state index is 12.3. The van der Waals surface area contributed by atoms with Crippen molar-refractivity contribution in [3.8, 4) is 0 Å². The van der Waals surface area contributed by atoms with Crippen molar-refractivity contribution < 1.29 is 14.4 Å². The summed E-state index contributed by atoms with van der Waals surface area (Å²) in [5.41, 5.74) is 3.14. The van der Waals surface area contributed by atoms with Crippen LogP contribution in [0.3, 0.4) is 0 Å². The lowest BCUT2D eigenvalue weighted by molar-refractivity contribution is -0.141. The van der Waals surface area contributed by atoms with E-state index in [9.17, 15) is 9.59 Å². The summed E-state index contributed by atoms with van der Waals surface area (Å²) in [4.78, 5) is 29.1. The van der Waals surface area contributed by atoms with E-state index in [0.29, 0.717) is 5.69 Å². The Kier molecular flexibility index (Phi) is 6.33. The predicted octanol–water partition coefficient (Wildman–Crippen LogP) is 3.26. The van der Waals surface area contributed by atoms with Crippen LogP contribution in [0.5, 0.6) is 0 Å². The van der Waals surface area contributed by atoms with Gasteiger partial charge in [-0.3, -0.25) is 14.4 Å². The van der Waals surface area contributed by atoms with E-state index in [2.05, 4.69) is 33.4 Å². The fourth-order valence-corrected chi connectivity index (χ4v) is 2.37. The first-order valence-electron chi connectivity index (χ1n) is 7.43. The predicted molar refractivity (Wildman–Crippen MR) is 101 cm³/mol. The first kappa shape index (κ1) is 18.4. The smallest absolute Gasteiger partial charge is 0.253 e. The molecule has 0 aliphatic carbocycles. The van der Waals surface area contributed by atoms with Crippen molar-refractivity contribution in [1.82, 2.24) is 5.48 Å². The Labute approximate surface area is 154 Å². The summed E-state index contributed by atoms with van der Waals surface area (Å²) in [6.45, 7) is 3.34. The van der Waals surface area contributed by atoms with Gasteiger partial charge in [-0.05, 0) is 66.3 Å². The van der Waals surface area contributed by atoms with Crippen LogP contribution >= 0.6 is 22.6 Å². The number of benzene rings is 2. The van der Waals surface area contributed by atoms with Crippen molar-refractivity contribution in [2.24, 2.45) is 0 Å². The number of halogens is 1. The van der Waals surface area contributed by atoms with Crippen molar-refractivity contribution in [1.29, 1.82) is 0 Å². The summed E-state index contributed by atoms with van der Waals surface area (Å²) in [5, 5.41) is 2.69. The lowest BCUT2D eigenvalue weighted by Gasteiger charge is -2.23. The van der Waals surface area contributed by atoms with E-state index in [1.807, 2.05) is 42.5 Å². The molecule has 126 valence electrons. The summed E-state index contributed by atoms with van der Waals surface area (Å²) in [5.74, 6) is -0.648. The number of carbonyl (C=O) groups is 2. The van der Waals surface area contributed by atoms with Crippen LogP contribution in [0.2, 0.25) is 0 Å². The molecule has 0 spiro atoms. The van der Waals surface area contributed by atoms with Gasteiger partial charge in [0.25, 0.3) is 11.8 Å². The van der Waals surface area contributed by atoms with E-state index in [0.717, 1.165) is 9.13 Å². The lowest BCUT2D eigenvalue weighted by Crippen LogP contribution is -2.41. The van der Waals surface area contributed by atoms with Crippen LogP contribution in [0.15, 0.2) is 54.6 Å². The van der Waals surface area contributed by atoms with E-state index in [1.54, 1.807) is 26.0 Å². The fraction of sp³-hybridized carbons (Fsp3) is 0.222. The Bertz CT molecular complexity index is 700. The van der Waals surface area contributed by atoms with E-state index < -0.39 is 5.41 Å². The van der Waals surface area contributed by atoms with Crippen molar-refractivity contribution in [2.75, 3.05) is 11.9 Å². The second-order valence-corrected chi connectivity index (χ2v) is 7.01. The summed E-state index contributed by atoms with van der Waals surface area (Å²) in [7, 11) is 0. The molecule has 0 aliphatic heterocycles. The van der Waals surface area contributed by atoms with E-state index >= 15 is 0 Å². The zero-order valence-electron chi connectivity index (χ0n) is 13.5. The molecule has 2 aromatic rings. The van der Waals surface area contributed by atoms with Crippen LogP contribution in [0.25, 0.3) is 0 Å². The van der Waals surface area contributed by atoms with Gasteiger partial charge >= 0.3 is 0 Å². The minimum atomic E-state index is -0.756. The lowest BCUT2D eigenvalue weighted by atomic mass is 9.84. The number of carbonyl (C=O) groups excluding carboxylic acids is 2. The van der Waals surface area contributed by atoms with Crippen LogP contribution in [0.1, 0.15) is 19.4 Å². The number of nitrogens with one attached hydrogen (secondary N) is 2. The van der Waals surface area contributed by atoms with E-state index in [4.69, 9.17) is 4.84 Å². The van der Waals surface area contributed by atoms with Crippen LogP contribution in [0, 0.1) is 3.57 Å². The van der Waals surface area contributed by atoms with Crippen LogP contribution < -0.4 is 10.8 Å². The van der Waals surface area contributed by atoms with Gasteiger partial charge < -0.3 is 5.32 Å². The first-order chi connectivity index (χ1) is 11.4. The third-order valence-electron chi connectivity index (χ3n) is 3.56. The topological polar surface area (TPSA) is 67.4 Å². The number of anilines is 1. The largest absolute Gasteiger partial charge is 0.324 e. The van der Waals surface area contributed by atoms with Crippen LogP contribution in [-0.4, -0.2) is 18.4 Å². The number of rotatable bonds is 6. The van der Waals surface area contributed by atoms with Gasteiger partial charge in [-0.25, -0.2) is 5.48 Å². The Hall–Kier alpha value is -1.93. The molecule has 2 N–H and O–H groups in total. The Morgan fingerprint density at radius 1 is 1.04 bits per heavy atom. The summed E-state index contributed by atoms with van der Waals surface area (Å²) in [6.07, 6.45) is 0. The highest BCUT2D eigenvalue weighted by Gasteiger charge is 2.29. The van der Waals surface area contributed by atoms with E-state index in [-0.39, 0.29) is 18.4 Å². The molecule has 2 aromatic carbocycles. The normalized spacial score (nSPS) is 11.0. The standard InChI is InChI=1S/C18H19IN2O3/c1-18(2,13-6-4-3-5-7-13)17(23)21-24-12-16(22)20-15-10-8-14(19)9-11-15/h3-11H,12H2,1-2H3,(H,20,22)(H,21,23). The molecule has 2 amide bonds. The Balaban J connectivity index is 1.81. The molecule has 0 bridgehead atoms. The van der Waals surface area contributed by atoms with Crippen molar-refractivity contribution in [2.45, 2.75) is 19.3 Å². The molecule has 6 heteroatoms. The number of amides is 2. The maximum Gasteiger partial charge on any atom is 0.253 e. The zero-order chi connectivity index (χ0) is 17.6. The third-order valence-corrected chi connectivity index (χ3v) is 4.28. The number of hydrogen-bond acceptors (Lipinski definition) is 3. The molecule has 0 radical (unpaired) electrons. The maximum atomic E-state index is 12.3. The van der Waals surface area contributed by atoms with Gasteiger partial charge in [-0.1, -0.05) is 30.3 Å². The SMILES string of the molecule is CC(C)(C(=O)NOCC(=O)Nc1ccc(I)cc1)c1ccccc1. The highest BCUT2D eigenvalue weighted by molar-refractivity contribution is 14.1. The van der Waals surface area contributed by atoms with Crippen LogP contribution in [0.4, 0.5) is 5.69 Å². The molecule has 0 atom stereocenters. The first-order valence-corrected chi connectivity index (χ1v) is 8.50. The second-order valence-electron chi connectivity index (χ2n) is 5.77. The second kappa shape index (κ2) is 8.25. The average molecular weight is 438 g/mol. The molecule has 0 fully saturated rings. The molecule has 0 aromatic heterocycles. The van der Waals surface area contributed by atoms with Gasteiger partial charge in [0.2, 0.25) is 0 Å². The summed E-state index contributed by atoms with van der Waals surface area (Å²) in [6, 6.07) is 16.8. The van der Waals surface area contributed by atoms with Gasteiger partial charge in [0, 0.05) is 9.26 Å². The number of hydrogen-bond donors (Lipinski definition) is 2. The van der Waals surface area contributed by atoms with Crippen LogP contribution in [-0.2, 0) is 19.8 Å². The molecule has 2 rings (SSSR count). The van der Waals surface area contributed by atoms with Gasteiger partial charge in [-0.15, -0.1) is 0 Å². The Morgan fingerprint density at radius 2 is 1.67 bits per heavy atom. The minimum absolute atomic E-state index is 0.261. The summed E-state index contributed by atoms with van der Waals surface area (Å²) >= 11 is 2.19. The van der Waals surface area contributed by atoms with Crippen molar-refractivity contribution >= 4 is 40.1 Å². The van der Waals surface area contributed by atoms with Gasteiger partial charge in [0.15, 0.2) is 6.61 Å². The molecule has 0 saturated heterocycles. The third kappa shape index (κ3) is 5.04. The monoisotopic (exact) mass is 438 g/mol. The molecule has 5 nitrogen and oxygen atoms in total. The molecule has 0 heterocycles. The molecule has 0 unspecified atom stereocenters. The van der Waals surface area contributed by atoms with Crippen molar-refractivity contribution in [3.63, 3.8) is 0 Å². The molecule has 0 aliphatic rings. The van der Waals surface area contributed by atoms with Gasteiger partial charge in [-0.2, -0.15) is 0 Å². The zero-order valence-corrected chi connectivity index (χ0v) is 15.7. The van der Waals surface area contributed by atoms with Crippen molar-refractivity contribution in [3.05, 3.63) is 63.7 Å². The summed E-state index contributed by atoms with van der Waals surface area (Å²) < 4.78 is 1.08. The highest BCUT2D eigenvalue weighted by Crippen LogP contribution is 2.22. The fourth-order valence-electron chi connectivity index (χ4n) is 2.01. The van der Waals surface area contributed by atoms with Gasteiger partial charge in [0.1, 0.15) is 0 Å². The molecule has 24 heavy (non-hydrogen) atoms. The van der Waals surface area contributed by atoms with E-state index in [1.165, 1.54) is 0 Å². The molecular weight excluding hydrogens is 419 g/mol. The highest BCUT2D eigenvalue weighted by atomic mass is 127. The molecular formula is C18H19IN2O3. The molecule has 0 saturated carbocycles. The average Bonchev–Trinajstić information content (AvgIpc) is 2.57. The number of hydroxylamine groups is 1. The minimum Gasteiger partial charge on any atom is -0.324 e. The Morgan fingerprint density at radius 3 is 2.29 bits per heavy atom. The quantitative estimate of drug-likeness (QED) is 0.538. The van der Waals surface area contributed by atoms with Gasteiger partial charge in [0.05, 0.1) is 5.41 Å².